The second-order valence-electron chi connectivity index (χ2n) is 4.78. The zero-order valence-electron chi connectivity index (χ0n) is 11.8. The van der Waals surface area contributed by atoms with Crippen molar-refractivity contribution in [2.24, 2.45) is 0 Å². The van der Waals surface area contributed by atoms with E-state index >= 15 is 0 Å². The van der Waals surface area contributed by atoms with Gasteiger partial charge in [-0.3, -0.25) is 4.79 Å². The summed E-state index contributed by atoms with van der Waals surface area (Å²) in [6.45, 7) is 2.99. The van der Waals surface area contributed by atoms with E-state index in [1.54, 1.807) is 36.1 Å². The first-order chi connectivity index (χ1) is 9.97. The summed E-state index contributed by atoms with van der Waals surface area (Å²) in [7, 11) is -3.19. The molecule has 0 bridgehead atoms. The van der Waals surface area contributed by atoms with Gasteiger partial charge in [-0.05, 0) is 25.1 Å². The van der Waals surface area contributed by atoms with Crippen molar-refractivity contribution in [2.45, 2.75) is 6.92 Å². The Morgan fingerprint density at radius 2 is 1.95 bits per heavy atom. The van der Waals surface area contributed by atoms with E-state index in [0.717, 1.165) is 0 Å². The van der Waals surface area contributed by atoms with Crippen LogP contribution in [-0.2, 0) is 10.0 Å². The molecule has 21 heavy (non-hydrogen) atoms. The number of piperazine rings is 1. The second kappa shape index (κ2) is 6.24. The summed E-state index contributed by atoms with van der Waals surface area (Å²) < 4.78 is 25.0. The van der Waals surface area contributed by atoms with Gasteiger partial charge in [0.1, 0.15) is 0 Å². The van der Waals surface area contributed by atoms with Gasteiger partial charge in [-0.25, -0.2) is 8.42 Å². The number of hydrogen-bond acceptors (Lipinski definition) is 4. The van der Waals surface area contributed by atoms with Crippen LogP contribution in [0.15, 0.2) is 24.3 Å². The molecule has 0 aliphatic carbocycles. The van der Waals surface area contributed by atoms with Crippen LogP contribution in [0.2, 0.25) is 0 Å². The Morgan fingerprint density at radius 3 is 2.52 bits per heavy atom. The molecule has 0 spiro atoms. The van der Waals surface area contributed by atoms with Crippen molar-refractivity contribution >= 4 is 15.9 Å². The van der Waals surface area contributed by atoms with Crippen LogP contribution < -0.4 is 0 Å². The minimum Gasteiger partial charge on any atom is -0.336 e. The lowest BCUT2D eigenvalue weighted by Crippen LogP contribution is -2.50. The molecule has 2 rings (SSSR count). The molecule has 1 saturated heterocycles. The zero-order chi connectivity index (χ0) is 15.5. The highest BCUT2D eigenvalue weighted by Gasteiger charge is 2.28. The van der Waals surface area contributed by atoms with E-state index in [2.05, 4.69) is 0 Å². The summed E-state index contributed by atoms with van der Waals surface area (Å²) in [5.41, 5.74) is 0.897. The van der Waals surface area contributed by atoms with E-state index in [1.165, 1.54) is 4.31 Å². The monoisotopic (exact) mass is 307 g/mol. The number of carbonyl (C=O) groups excluding carboxylic acids is 1. The molecule has 0 aromatic heterocycles. The number of nitriles is 1. The first-order valence-corrected chi connectivity index (χ1v) is 8.36. The predicted molar refractivity (Wildman–Crippen MR) is 78.1 cm³/mol. The molecule has 0 radical (unpaired) electrons. The number of sulfonamides is 1. The first-order valence-electron chi connectivity index (χ1n) is 6.75. The van der Waals surface area contributed by atoms with Gasteiger partial charge in [0.2, 0.25) is 10.0 Å². The summed E-state index contributed by atoms with van der Waals surface area (Å²) in [6.07, 6.45) is 0. The number of rotatable bonds is 3. The molecule has 112 valence electrons. The third-order valence-electron chi connectivity index (χ3n) is 3.52. The summed E-state index contributed by atoms with van der Waals surface area (Å²) in [6, 6.07) is 8.53. The number of amides is 1. The van der Waals surface area contributed by atoms with Gasteiger partial charge in [0.15, 0.2) is 0 Å². The van der Waals surface area contributed by atoms with Gasteiger partial charge in [-0.1, -0.05) is 6.07 Å². The quantitative estimate of drug-likeness (QED) is 0.821. The van der Waals surface area contributed by atoms with E-state index < -0.39 is 10.0 Å². The fraction of sp³-hybridized carbons (Fsp3) is 0.429. The maximum absolute atomic E-state index is 12.3. The molecule has 0 N–H and O–H groups in total. The van der Waals surface area contributed by atoms with Crippen LogP contribution in [0.5, 0.6) is 0 Å². The maximum Gasteiger partial charge on any atom is 0.253 e. The molecule has 0 saturated carbocycles. The van der Waals surface area contributed by atoms with E-state index in [-0.39, 0.29) is 11.7 Å². The summed E-state index contributed by atoms with van der Waals surface area (Å²) in [4.78, 5) is 14.0. The highest BCUT2D eigenvalue weighted by molar-refractivity contribution is 7.89. The van der Waals surface area contributed by atoms with Crippen LogP contribution in [-0.4, -0.2) is 55.5 Å². The molecule has 1 amide bonds. The topological polar surface area (TPSA) is 81.5 Å². The highest BCUT2D eigenvalue weighted by Crippen LogP contribution is 2.12. The average molecular weight is 307 g/mol. The molecule has 1 aliphatic heterocycles. The average Bonchev–Trinajstić information content (AvgIpc) is 2.54. The lowest BCUT2D eigenvalue weighted by molar-refractivity contribution is 0.0698. The third kappa shape index (κ3) is 3.40. The minimum absolute atomic E-state index is 0.0746. The Hall–Kier alpha value is -1.91. The van der Waals surface area contributed by atoms with Gasteiger partial charge in [0.05, 0.1) is 17.4 Å². The van der Waals surface area contributed by atoms with Gasteiger partial charge < -0.3 is 4.90 Å². The largest absolute Gasteiger partial charge is 0.336 e. The van der Waals surface area contributed by atoms with Crippen molar-refractivity contribution in [3.05, 3.63) is 35.4 Å². The Morgan fingerprint density at radius 1 is 1.29 bits per heavy atom. The fourth-order valence-corrected chi connectivity index (χ4v) is 3.34. The van der Waals surface area contributed by atoms with Gasteiger partial charge in [-0.2, -0.15) is 9.57 Å². The van der Waals surface area contributed by atoms with E-state index in [9.17, 15) is 13.2 Å². The van der Waals surface area contributed by atoms with E-state index in [4.69, 9.17) is 5.26 Å². The van der Waals surface area contributed by atoms with Crippen LogP contribution in [0.3, 0.4) is 0 Å². The first kappa shape index (κ1) is 15.5. The number of carbonyl (C=O) groups is 1. The maximum atomic E-state index is 12.3. The van der Waals surface area contributed by atoms with Gasteiger partial charge in [0, 0.05) is 31.7 Å². The summed E-state index contributed by atoms with van der Waals surface area (Å²) >= 11 is 0. The van der Waals surface area contributed by atoms with Crippen LogP contribution in [0.1, 0.15) is 22.8 Å². The molecule has 6 nitrogen and oxygen atoms in total. The van der Waals surface area contributed by atoms with Crippen LogP contribution in [0, 0.1) is 11.3 Å². The smallest absolute Gasteiger partial charge is 0.253 e. The van der Waals surface area contributed by atoms with Crippen molar-refractivity contribution in [3.63, 3.8) is 0 Å². The van der Waals surface area contributed by atoms with Crippen molar-refractivity contribution in [3.8, 4) is 6.07 Å². The van der Waals surface area contributed by atoms with Crippen molar-refractivity contribution in [1.82, 2.24) is 9.21 Å². The SMILES string of the molecule is CCS(=O)(=O)N1CCN(C(=O)c2cccc(C#N)c2)CC1. The fourth-order valence-electron chi connectivity index (χ4n) is 2.26. The van der Waals surface area contributed by atoms with Gasteiger partial charge in [0.25, 0.3) is 5.91 Å². The highest BCUT2D eigenvalue weighted by atomic mass is 32.2. The Labute approximate surface area is 124 Å². The summed E-state index contributed by atoms with van der Waals surface area (Å²) in [5.74, 6) is -0.0915. The lowest BCUT2D eigenvalue weighted by atomic mass is 10.1. The molecule has 7 heteroatoms. The zero-order valence-corrected chi connectivity index (χ0v) is 12.6. The van der Waals surface area contributed by atoms with E-state index in [1.807, 2.05) is 6.07 Å². The molecule has 1 aromatic carbocycles. The number of nitrogens with zero attached hydrogens (tertiary/aromatic N) is 3. The van der Waals surface area contributed by atoms with E-state index in [0.29, 0.717) is 37.3 Å². The third-order valence-corrected chi connectivity index (χ3v) is 5.40. The Bertz CT molecular complexity index is 671. The molecule has 0 unspecified atom stereocenters. The van der Waals surface area contributed by atoms with Gasteiger partial charge >= 0.3 is 0 Å². The number of hydrogen-bond donors (Lipinski definition) is 0. The minimum atomic E-state index is -3.19. The predicted octanol–water partition coefficient (Wildman–Crippen LogP) is 0.666. The molecular formula is C14H17N3O3S. The van der Waals surface area contributed by atoms with Crippen LogP contribution in [0.25, 0.3) is 0 Å². The molecule has 1 fully saturated rings. The van der Waals surface area contributed by atoms with Crippen LogP contribution in [0.4, 0.5) is 0 Å². The lowest BCUT2D eigenvalue weighted by Gasteiger charge is -2.33. The molecule has 0 atom stereocenters. The Balaban J connectivity index is 2.05. The molecule has 1 aromatic rings. The normalized spacial score (nSPS) is 16.5. The molecular weight excluding hydrogens is 290 g/mol. The van der Waals surface area contributed by atoms with Crippen LogP contribution >= 0.6 is 0 Å². The molecule has 1 heterocycles. The summed E-state index contributed by atoms with van der Waals surface area (Å²) in [5, 5.41) is 8.86. The number of benzene rings is 1. The van der Waals surface area contributed by atoms with Gasteiger partial charge in [-0.15, -0.1) is 0 Å². The van der Waals surface area contributed by atoms with Crippen molar-refractivity contribution in [2.75, 3.05) is 31.9 Å². The van der Waals surface area contributed by atoms with Crippen molar-refractivity contribution < 1.29 is 13.2 Å². The Kier molecular flexibility index (Phi) is 4.60. The standard InChI is InChI=1S/C14H17N3O3S/c1-2-21(19,20)17-8-6-16(7-9-17)14(18)13-5-3-4-12(10-13)11-15/h3-5,10H,2,6-9H2,1H3. The van der Waals surface area contributed by atoms with Crippen molar-refractivity contribution in [1.29, 1.82) is 5.26 Å². The second-order valence-corrected chi connectivity index (χ2v) is 7.04. The molecule has 1 aliphatic rings.